The molecule has 282 valence electrons. The fourth-order valence-electron chi connectivity index (χ4n) is 3.86. The molecule has 0 fully saturated rings. The Bertz CT molecular complexity index is 1240. The lowest BCUT2D eigenvalue weighted by atomic mass is 9.90. The van der Waals surface area contributed by atoms with E-state index in [-0.39, 0.29) is 63.5 Å². The summed E-state index contributed by atoms with van der Waals surface area (Å²) < 4.78 is 36.3. The Morgan fingerprint density at radius 3 is 1.02 bits per heavy atom. The molecule has 4 rings (SSSR count). The lowest BCUT2D eigenvalue weighted by Gasteiger charge is -2.16. The summed E-state index contributed by atoms with van der Waals surface area (Å²) in [4.78, 5) is 0. The van der Waals surface area contributed by atoms with Crippen LogP contribution in [0.3, 0.4) is 0 Å². The van der Waals surface area contributed by atoms with E-state index in [1.165, 1.54) is 28.7 Å². The third-order valence-electron chi connectivity index (χ3n) is 6.21. The third kappa shape index (κ3) is 17.4. The molecule has 0 aliphatic carbocycles. The first-order valence-electron chi connectivity index (χ1n) is 14.1. The summed E-state index contributed by atoms with van der Waals surface area (Å²) in [6.45, 7) is 29.0. The zero-order chi connectivity index (χ0) is 33.6. The van der Waals surface area contributed by atoms with Crippen molar-refractivity contribution in [3.63, 3.8) is 0 Å². The molecule has 48 heavy (non-hydrogen) atoms. The lowest BCUT2D eigenvalue weighted by Crippen LogP contribution is -2.17. The van der Waals surface area contributed by atoms with Gasteiger partial charge in [0.1, 0.15) is 0 Å². The van der Waals surface area contributed by atoms with Crippen molar-refractivity contribution in [2.24, 2.45) is 0 Å². The van der Waals surface area contributed by atoms with Gasteiger partial charge in [-0.3, -0.25) is 15.3 Å². The molecular formula is C36H70ClF3N8. The van der Waals surface area contributed by atoms with Crippen LogP contribution >= 0.6 is 11.6 Å². The summed E-state index contributed by atoms with van der Waals surface area (Å²) >= 11 is 5.83. The minimum absolute atomic E-state index is 0. The molecule has 0 radical (unpaired) electrons. The van der Waals surface area contributed by atoms with Gasteiger partial charge in [-0.15, -0.1) is 13.2 Å². The number of nitrogens with zero attached hydrogens (tertiary/aromatic N) is 5. The highest BCUT2D eigenvalue weighted by atomic mass is 35.5. The Labute approximate surface area is 296 Å². The van der Waals surface area contributed by atoms with Gasteiger partial charge in [0.15, 0.2) is 0 Å². The largest absolute Gasteiger partial charge is 0.504 e. The Kier molecular flexibility index (Phi) is 23.1. The van der Waals surface area contributed by atoms with Crippen molar-refractivity contribution < 1.29 is 13.2 Å². The van der Waals surface area contributed by atoms with Crippen LogP contribution in [0.5, 0.6) is 0 Å². The molecule has 4 aromatic rings. The maximum Gasteiger partial charge on any atom is 0.504 e. The zero-order valence-corrected chi connectivity index (χ0v) is 28.9. The number of halogens is 4. The monoisotopic (exact) mass is 707 g/mol. The maximum atomic E-state index is 12.1. The molecule has 0 saturated carbocycles. The van der Waals surface area contributed by atoms with Crippen LogP contribution in [-0.2, 0) is 28.0 Å². The van der Waals surface area contributed by atoms with Gasteiger partial charge >= 0.3 is 6.30 Å². The number of aromatic amines is 3. The zero-order valence-electron chi connectivity index (χ0n) is 28.1. The van der Waals surface area contributed by atoms with Crippen LogP contribution in [0.25, 0.3) is 0 Å². The molecule has 4 aromatic heterocycles. The molecule has 0 unspecified atom stereocenters. The van der Waals surface area contributed by atoms with Crippen LogP contribution in [0.2, 0.25) is 5.02 Å². The average Bonchev–Trinajstić information content (AvgIpc) is 3.59. The Morgan fingerprint density at radius 1 is 0.542 bits per heavy atom. The molecule has 0 saturated heterocycles. The molecule has 3 N–H and O–H groups in total. The van der Waals surface area contributed by atoms with Crippen molar-refractivity contribution in [3.05, 3.63) is 69.8 Å². The van der Waals surface area contributed by atoms with Crippen molar-refractivity contribution in [3.8, 4) is 0 Å². The van der Waals surface area contributed by atoms with Crippen LogP contribution in [0.4, 0.5) is 13.2 Å². The standard InChI is InChI=1S/C8H11F3N2.2C8H14N2.C7H11ClN2.5CH4/c1-7(2,3)6-4-12-13(5-6)8(9,10)11;2*1-6-5-9-10-7(6)8(2,3)4;1-7(2,3)6-5(8)4-9-10-6;;;;;/h4-5H,1-3H3;2*5H,1-4H3,(H,9,10);4H,1-3H3,(H,9,10);5*1H4. The van der Waals surface area contributed by atoms with Gasteiger partial charge in [-0.2, -0.15) is 25.1 Å². The SMILES string of the molecule is C.C.C.C.C.CC(C)(C)c1[nH]ncc1Cl.CC(C)(C)c1cnn(C(F)(F)F)c1.Cc1cn[nH]c1C(C)(C)C.Cc1cn[nH]c1C(C)(C)C. The second kappa shape index (κ2) is 20.4. The fraction of sp³-hybridized carbons (Fsp3) is 0.667. The van der Waals surface area contributed by atoms with E-state index in [2.05, 4.69) is 112 Å². The number of alkyl halides is 3. The molecule has 4 heterocycles. The van der Waals surface area contributed by atoms with E-state index in [9.17, 15) is 13.2 Å². The van der Waals surface area contributed by atoms with Crippen molar-refractivity contribution in [2.45, 2.75) is 162 Å². The minimum atomic E-state index is -4.41. The Hall–Kier alpha value is -3.08. The fourth-order valence-corrected chi connectivity index (χ4v) is 4.23. The quantitative estimate of drug-likeness (QED) is 0.169. The number of rotatable bonds is 0. The summed E-state index contributed by atoms with van der Waals surface area (Å²) in [6.07, 6.45) is 3.19. The highest BCUT2D eigenvalue weighted by Crippen LogP contribution is 2.27. The van der Waals surface area contributed by atoms with E-state index in [1.54, 1.807) is 6.20 Å². The van der Waals surface area contributed by atoms with Gasteiger partial charge < -0.3 is 0 Å². The van der Waals surface area contributed by atoms with Gasteiger partial charge in [0.05, 0.1) is 35.5 Å². The second-order valence-corrected chi connectivity index (χ2v) is 15.0. The van der Waals surface area contributed by atoms with Crippen LogP contribution in [-0.4, -0.2) is 40.4 Å². The molecule has 0 aliphatic rings. The van der Waals surface area contributed by atoms with Crippen molar-refractivity contribution in [1.82, 2.24) is 40.4 Å². The van der Waals surface area contributed by atoms with E-state index < -0.39 is 6.30 Å². The van der Waals surface area contributed by atoms with Crippen LogP contribution in [0.1, 0.15) is 154 Å². The van der Waals surface area contributed by atoms with Gasteiger partial charge in [0, 0.05) is 33.8 Å². The first-order chi connectivity index (χ1) is 19.3. The van der Waals surface area contributed by atoms with Crippen LogP contribution < -0.4 is 0 Å². The smallest absolute Gasteiger partial charge is 0.282 e. The van der Waals surface area contributed by atoms with E-state index in [1.807, 2.05) is 33.2 Å². The summed E-state index contributed by atoms with van der Waals surface area (Å²) in [5, 5.41) is 24.6. The molecule has 0 amide bonds. The molecule has 0 bridgehead atoms. The van der Waals surface area contributed by atoms with Crippen molar-refractivity contribution in [2.75, 3.05) is 0 Å². The molecule has 12 heteroatoms. The van der Waals surface area contributed by atoms with Gasteiger partial charge in [-0.05, 0) is 36.0 Å². The number of hydrogen-bond donors (Lipinski definition) is 3. The molecule has 0 aliphatic heterocycles. The first-order valence-corrected chi connectivity index (χ1v) is 14.5. The molecular weight excluding hydrogens is 637 g/mol. The van der Waals surface area contributed by atoms with Crippen molar-refractivity contribution >= 4 is 11.6 Å². The van der Waals surface area contributed by atoms with E-state index >= 15 is 0 Å². The number of nitrogens with one attached hydrogen (secondary N) is 3. The summed E-state index contributed by atoms with van der Waals surface area (Å²) in [5.41, 5.74) is 6.66. The first kappa shape index (κ1) is 54.4. The topological polar surface area (TPSA) is 104 Å². The number of aromatic nitrogens is 8. The molecule has 0 spiro atoms. The van der Waals surface area contributed by atoms with Crippen LogP contribution in [0, 0.1) is 13.8 Å². The van der Waals surface area contributed by atoms with E-state index in [4.69, 9.17) is 11.6 Å². The van der Waals surface area contributed by atoms with Gasteiger partial charge in [0.25, 0.3) is 0 Å². The van der Waals surface area contributed by atoms with Gasteiger partial charge in [-0.25, -0.2) is 0 Å². The van der Waals surface area contributed by atoms with Gasteiger partial charge in [-0.1, -0.05) is 132 Å². The summed E-state index contributed by atoms with van der Waals surface area (Å²) in [7, 11) is 0. The number of H-pyrrole nitrogens is 3. The maximum absolute atomic E-state index is 12.1. The van der Waals surface area contributed by atoms with Crippen molar-refractivity contribution in [1.29, 1.82) is 0 Å². The highest BCUT2D eigenvalue weighted by Gasteiger charge is 2.32. The molecule has 0 aromatic carbocycles. The second-order valence-electron chi connectivity index (χ2n) is 14.6. The van der Waals surface area contributed by atoms with E-state index in [0.717, 1.165) is 11.9 Å². The molecule has 0 atom stereocenters. The lowest BCUT2D eigenvalue weighted by molar-refractivity contribution is -0.212. The van der Waals surface area contributed by atoms with E-state index in [0.29, 0.717) is 10.6 Å². The third-order valence-corrected chi connectivity index (χ3v) is 6.50. The Morgan fingerprint density at radius 2 is 0.875 bits per heavy atom. The average molecular weight is 707 g/mol. The minimum Gasteiger partial charge on any atom is -0.282 e. The predicted molar refractivity (Wildman–Crippen MR) is 202 cm³/mol. The summed E-state index contributed by atoms with van der Waals surface area (Å²) in [6, 6.07) is 0. The molecule has 8 nitrogen and oxygen atoms in total. The number of aryl methyl sites for hydroxylation is 2. The number of hydrogen-bond acceptors (Lipinski definition) is 4. The summed E-state index contributed by atoms with van der Waals surface area (Å²) in [5.74, 6) is 0. The highest BCUT2D eigenvalue weighted by molar-refractivity contribution is 6.31. The predicted octanol–water partition coefficient (Wildman–Crippen LogP) is 12.2. The van der Waals surface area contributed by atoms with Gasteiger partial charge in [0.2, 0.25) is 0 Å². The normalized spacial score (nSPS) is 11.1. The van der Waals surface area contributed by atoms with Crippen LogP contribution in [0.15, 0.2) is 31.0 Å². The Balaban J connectivity index is -0.000000166.